The van der Waals surface area contributed by atoms with Crippen LogP contribution in [0.25, 0.3) is 66.6 Å². The van der Waals surface area contributed by atoms with Crippen molar-refractivity contribution in [2.45, 2.75) is 26.7 Å². The lowest BCUT2D eigenvalue weighted by molar-refractivity contribution is 1.14. The number of hydrogen-bond acceptors (Lipinski definition) is 1. The molecule has 2 nitrogen and oxygen atoms in total. The lowest BCUT2D eigenvalue weighted by Gasteiger charge is -2.13. The Morgan fingerprint density at radius 3 is 1.71 bits per heavy atom. The Morgan fingerprint density at radius 2 is 1.05 bits per heavy atom. The molecular formula is C39H32N2. The van der Waals surface area contributed by atoms with E-state index in [-0.39, 0.29) is 0 Å². The molecule has 0 aliphatic carbocycles. The van der Waals surface area contributed by atoms with E-state index in [1.807, 2.05) is 0 Å². The third-order valence-corrected chi connectivity index (χ3v) is 8.19. The van der Waals surface area contributed by atoms with Crippen molar-refractivity contribution in [1.29, 1.82) is 0 Å². The van der Waals surface area contributed by atoms with Gasteiger partial charge in [0.1, 0.15) is 0 Å². The van der Waals surface area contributed by atoms with Crippen molar-refractivity contribution in [3.63, 3.8) is 0 Å². The number of benzene rings is 5. The van der Waals surface area contributed by atoms with Crippen LogP contribution in [-0.2, 0) is 12.8 Å². The summed E-state index contributed by atoms with van der Waals surface area (Å²) in [6.07, 6.45) is 2.07. The Kier molecular flexibility index (Phi) is 6.45. The minimum atomic E-state index is 0.964. The third-order valence-electron chi connectivity index (χ3n) is 8.19. The predicted octanol–water partition coefficient (Wildman–Crippen LogP) is 10.5. The molecule has 0 radical (unpaired) electrons. The number of rotatable bonds is 6. The summed E-state index contributed by atoms with van der Waals surface area (Å²) in [5.74, 6) is 0. The third kappa shape index (κ3) is 4.72. The van der Waals surface area contributed by atoms with Crippen LogP contribution in [0.5, 0.6) is 0 Å². The van der Waals surface area contributed by atoms with Crippen LogP contribution >= 0.6 is 0 Å². The van der Waals surface area contributed by atoms with Gasteiger partial charge in [-0.1, -0.05) is 105 Å². The molecule has 7 rings (SSSR count). The van der Waals surface area contributed by atoms with E-state index in [4.69, 9.17) is 4.98 Å². The Bertz CT molecular complexity index is 1930. The average molecular weight is 529 g/mol. The van der Waals surface area contributed by atoms with Gasteiger partial charge < -0.3 is 4.98 Å². The van der Waals surface area contributed by atoms with Crippen molar-refractivity contribution >= 4 is 21.8 Å². The van der Waals surface area contributed by atoms with Crippen LogP contribution in [0.4, 0.5) is 0 Å². The fraction of sp³-hybridized carbons (Fsp3) is 0.103. The number of hydrogen-bond donors (Lipinski definition) is 1. The second kappa shape index (κ2) is 10.6. The van der Waals surface area contributed by atoms with Crippen LogP contribution in [0.3, 0.4) is 0 Å². The highest BCUT2D eigenvalue weighted by molar-refractivity contribution is 6.11. The highest BCUT2D eigenvalue weighted by Crippen LogP contribution is 2.36. The maximum absolute atomic E-state index is 5.24. The second-order valence-corrected chi connectivity index (χ2v) is 10.7. The number of aromatic nitrogens is 2. The summed E-state index contributed by atoms with van der Waals surface area (Å²) in [6, 6.07) is 46.1. The molecule has 0 aliphatic rings. The minimum absolute atomic E-state index is 0.964. The Balaban J connectivity index is 1.37. The molecule has 0 unspecified atom stereocenters. The van der Waals surface area contributed by atoms with Crippen molar-refractivity contribution in [2.24, 2.45) is 0 Å². The monoisotopic (exact) mass is 528 g/mol. The van der Waals surface area contributed by atoms with Crippen molar-refractivity contribution in [3.05, 3.63) is 139 Å². The fourth-order valence-corrected chi connectivity index (χ4v) is 5.81. The van der Waals surface area contributed by atoms with Gasteiger partial charge in [-0.15, -0.1) is 0 Å². The summed E-state index contributed by atoms with van der Waals surface area (Å²) in [5, 5.41) is 2.46. The first-order chi connectivity index (χ1) is 20.2. The van der Waals surface area contributed by atoms with Gasteiger partial charge in [0.25, 0.3) is 0 Å². The van der Waals surface area contributed by atoms with Gasteiger partial charge in [-0.05, 0) is 82.6 Å². The zero-order valence-electron chi connectivity index (χ0n) is 23.5. The zero-order chi connectivity index (χ0) is 27.8. The molecule has 1 N–H and O–H groups in total. The van der Waals surface area contributed by atoms with E-state index in [2.05, 4.69) is 146 Å². The predicted molar refractivity (Wildman–Crippen MR) is 174 cm³/mol. The van der Waals surface area contributed by atoms with Crippen molar-refractivity contribution in [1.82, 2.24) is 9.97 Å². The molecule has 0 spiro atoms. The summed E-state index contributed by atoms with van der Waals surface area (Å²) in [5.41, 5.74) is 14.0. The molecule has 2 aromatic heterocycles. The largest absolute Gasteiger partial charge is 0.354 e. The molecule has 0 bridgehead atoms. The van der Waals surface area contributed by atoms with E-state index in [1.54, 1.807) is 0 Å². The number of aryl methyl sites for hydroxylation is 2. The SMILES string of the molecule is CCc1ccc(-c2cc(-c3ccc(CC)cc3)cc(-c3cccc(-c4cccc5c4[nH]c4ccccc45)n3)c2)cc1. The normalized spacial score (nSPS) is 11.4. The first-order valence-corrected chi connectivity index (χ1v) is 14.5. The van der Waals surface area contributed by atoms with Gasteiger partial charge >= 0.3 is 0 Å². The Labute approximate surface area is 241 Å². The summed E-state index contributed by atoms with van der Waals surface area (Å²) < 4.78 is 0. The first kappa shape index (κ1) is 25.0. The molecule has 0 aliphatic heterocycles. The molecule has 2 heterocycles. The van der Waals surface area contributed by atoms with Crippen LogP contribution in [0, 0.1) is 0 Å². The number of aromatic amines is 1. The van der Waals surface area contributed by atoms with Crippen molar-refractivity contribution in [3.8, 4) is 44.8 Å². The van der Waals surface area contributed by atoms with Crippen molar-refractivity contribution in [2.75, 3.05) is 0 Å². The van der Waals surface area contributed by atoms with Gasteiger partial charge in [0.05, 0.1) is 16.9 Å². The lowest BCUT2D eigenvalue weighted by atomic mass is 9.93. The summed E-state index contributed by atoms with van der Waals surface area (Å²) >= 11 is 0. The zero-order valence-corrected chi connectivity index (χ0v) is 23.5. The molecule has 198 valence electrons. The van der Waals surface area contributed by atoms with Crippen LogP contribution in [0.15, 0.2) is 127 Å². The number of nitrogens with one attached hydrogen (secondary N) is 1. The maximum Gasteiger partial charge on any atom is 0.0730 e. The number of fused-ring (bicyclic) bond motifs is 3. The van der Waals surface area contributed by atoms with Gasteiger partial charge in [0, 0.05) is 27.4 Å². The van der Waals surface area contributed by atoms with E-state index in [0.29, 0.717) is 0 Å². The molecule has 0 atom stereocenters. The smallest absolute Gasteiger partial charge is 0.0730 e. The molecule has 0 saturated carbocycles. The molecular weight excluding hydrogens is 496 g/mol. The molecule has 0 fully saturated rings. The van der Waals surface area contributed by atoms with Gasteiger partial charge in [-0.25, -0.2) is 4.98 Å². The summed E-state index contributed by atoms with van der Waals surface area (Å²) in [6.45, 7) is 4.39. The summed E-state index contributed by atoms with van der Waals surface area (Å²) in [4.78, 5) is 8.88. The van der Waals surface area contributed by atoms with Gasteiger partial charge in [0.15, 0.2) is 0 Å². The van der Waals surface area contributed by atoms with Crippen LogP contribution in [-0.4, -0.2) is 9.97 Å². The van der Waals surface area contributed by atoms with E-state index in [0.717, 1.165) is 46.4 Å². The molecule has 2 heteroatoms. The standard InChI is InChI=1S/C39H32N2/c1-3-26-15-19-28(20-16-26)30-23-31(29-21-17-27(4-2)18-22-29)25-32(24-30)36-13-8-14-38(40-36)35-11-7-10-34-33-9-5-6-12-37(33)41-39(34)35/h5-25,41H,3-4H2,1-2H3. The van der Waals surface area contributed by atoms with Crippen molar-refractivity contribution < 1.29 is 0 Å². The van der Waals surface area contributed by atoms with Gasteiger partial charge in [0.2, 0.25) is 0 Å². The van der Waals surface area contributed by atoms with Crippen LogP contribution < -0.4 is 0 Å². The number of nitrogens with zero attached hydrogens (tertiary/aromatic N) is 1. The highest BCUT2D eigenvalue weighted by atomic mass is 14.7. The number of para-hydroxylation sites is 2. The van der Waals surface area contributed by atoms with E-state index in [9.17, 15) is 0 Å². The molecule has 0 amide bonds. The summed E-state index contributed by atoms with van der Waals surface area (Å²) in [7, 11) is 0. The molecule has 41 heavy (non-hydrogen) atoms. The Morgan fingerprint density at radius 1 is 0.488 bits per heavy atom. The highest BCUT2D eigenvalue weighted by Gasteiger charge is 2.13. The van der Waals surface area contributed by atoms with Gasteiger partial charge in [-0.2, -0.15) is 0 Å². The van der Waals surface area contributed by atoms with Crippen LogP contribution in [0.1, 0.15) is 25.0 Å². The number of H-pyrrole nitrogens is 1. The maximum atomic E-state index is 5.24. The molecule has 5 aromatic carbocycles. The van der Waals surface area contributed by atoms with Crippen LogP contribution in [0.2, 0.25) is 0 Å². The Hall–Kier alpha value is -4.95. The fourth-order valence-electron chi connectivity index (χ4n) is 5.81. The van der Waals surface area contributed by atoms with E-state index in [1.165, 1.54) is 44.2 Å². The minimum Gasteiger partial charge on any atom is -0.354 e. The molecule has 0 saturated heterocycles. The van der Waals surface area contributed by atoms with E-state index >= 15 is 0 Å². The number of pyridine rings is 1. The second-order valence-electron chi connectivity index (χ2n) is 10.7. The first-order valence-electron chi connectivity index (χ1n) is 14.5. The quantitative estimate of drug-likeness (QED) is 0.228. The average Bonchev–Trinajstić information content (AvgIpc) is 3.44. The molecule has 7 aromatic rings. The lowest BCUT2D eigenvalue weighted by Crippen LogP contribution is -1.91. The van der Waals surface area contributed by atoms with E-state index < -0.39 is 0 Å². The van der Waals surface area contributed by atoms with Gasteiger partial charge in [-0.3, -0.25) is 0 Å². The topological polar surface area (TPSA) is 28.7 Å².